The van der Waals surface area contributed by atoms with Gasteiger partial charge in [0.25, 0.3) is 5.91 Å². The normalized spacial score (nSPS) is 16.2. The van der Waals surface area contributed by atoms with Crippen LogP contribution in [-0.2, 0) is 4.79 Å². The van der Waals surface area contributed by atoms with Gasteiger partial charge in [0.15, 0.2) is 4.32 Å². The molecule has 5 heteroatoms. The number of thiocarbonyl (C=S) groups is 1. The minimum absolute atomic E-state index is 0.0898. The molecular weight excluding hydrogens is 326 g/mol. The lowest BCUT2D eigenvalue weighted by Gasteiger charge is -2.13. The van der Waals surface area contributed by atoms with Crippen molar-refractivity contribution in [2.75, 3.05) is 11.5 Å². The lowest BCUT2D eigenvalue weighted by atomic mass is 10.2. The highest BCUT2D eigenvalue weighted by molar-refractivity contribution is 8.27. The Balaban J connectivity index is 1.88. The van der Waals surface area contributed by atoms with Gasteiger partial charge in [0.05, 0.1) is 17.2 Å². The smallest absolute Gasteiger partial charge is 0.270 e. The highest BCUT2D eigenvalue weighted by Gasteiger charge is 2.33. The number of carbonyl (C=O) groups excluding carboxylic acids is 1. The molecule has 1 heterocycles. The van der Waals surface area contributed by atoms with Crippen LogP contribution >= 0.6 is 24.0 Å². The van der Waals surface area contributed by atoms with E-state index in [-0.39, 0.29) is 5.91 Å². The minimum atomic E-state index is -0.0898. The van der Waals surface area contributed by atoms with E-state index in [2.05, 4.69) is 0 Å². The number of hydrogen-bond acceptors (Lipinski definition) is 4. The number of thioether (sulfide) groups is 1. The third-order valence-electron chi connectivity index (χ3n) is 3.27. The molecule has 0 aromatic heterocycles. The van der Waals surface area contributed by atoms with Gasteiger partial charge in [-0.05, 0) is 42.8 Å². The number of carbonyl (C=O) groups is 1. The van der Waals surface area contributed by atoms with E-state index >= 15 is 0 Å². The molecule has 0 unspecified atom stereocenters. The van der Waals surface area contributed by atoms with Crippen LogP contribution in [0, 0.1) is 0 Å². The average molecular weight is 341 g/mol. The summed E-state index contributed by atoms with van der Waals surface area (Å²) in [6, 6.07) is 17.1. The van der Waals surface area contributed by atoms with Gasteiger partial charge in [-0.2, -0.15) is 0 Å². The largest absolute Gasteiger partial charge is 0.494 e. The summed E-state index contributed by atoms with van der Waals surface area (Å²) in [5.74, 6) is 0.702. The van der Waals surface area contributed by atoms with Gasteiger partial charge in [-0.1, -0.05) is 54.3 Å². The summed E-state index contributed by atoms with van der Waals surface area (Å²) in [5.41, 5.74) is 1.71. The zero-order valence-corrected chi connectivity index (χ0v) is 14.2. The Kier molecular flexibility index (Phi) is 4.79. The number of nitrogens with zero attached hydrogens (tertiary/aromatic N) is 1. The highest BCUT2D eigenvalue weighted by atomic mass is 32.2. The van der Waals surface area contributed by atoms with Crippen molar-refractivity contribution in [3.05, 3.63) is 65.1 Å². The van der Waals surface area contributed by atoms with Gasteiger partial charge >= 0.3 is 0 Å². The Morgan fingerprint density at radius 3 is 2.70 bits per heavy atom. The average Bonchev–Trinajstić information content (AvgIpc) is 2.83. The van der Waals surface area contributed by atoms with Gasteiger partial charge < -0.3 is 4.74 Å². The molecule has 0 atom stereocenters. The summed E-state index contributed by atoms with van der Waals surface area (Å²) in [6.45, 7) is 2.55. The number of anilines is 1. The molecule has 0 radical (unpaired) electrons. The maximum absolute atomic E-state index is 12.6. The Bertz CT molecular complexity index is 772. The molecule has 0 N–H and O–H groups in total. The molecule has 23 heavy (non-hydrogen) atoms. The van der Waals surface area contributed by atoms with Crippen molar-refractivity contribution in [2.24, 2.45) is 0 Å². The van der Waals surface area contributed by atoms with E-state index in [4.69, 9.17) is 17.0 Å². The van der Waals surface area contributed by atoms with E-state index in [0.29, 0.717) is 15.8 Å². The molecule has 2 aromatic rings. The SMILES string of the molecule is CCOc1cccc(/C=C2\SC(=S)N(c3ccccc3)C2=O)c1. The van der Waals surface area contributed by atoms with Gasteiger partial charge in [-0.25, -0.2) is 0 Å². The molecule has 1 saturated heterocycles. The zero-order chi connectivity index (χ0) is 16.2. The Morgan fingerprint density at radius 2 is 1.96 bits per heavy atom. The maximum Gasteiger partial charge on any atom is 0.270 e. The van der Waals surface area contributed by atoms with Crippen LogP contribution in [0.5, 0.6) is 5.75 Å². The van der Waals surface area contributed by atoms with Crippen molar-refractivity contribution in [1.29, 1.82) is 0 Å². The van der Waals surface area contributed by atoms with Crippen molar-refractivity contribution in [1.82, 2.24) is 0 Å². The molecular formula is C18H15NO2S2. The van der Waals surface area contributed by atoms with Crippen LogP contribution in [0.15, 0.2) is 59.5 Å². The van der Waals surface area contributed by atoms with E-state index in [9.17, 15) is 4.79 Å². The topological polar surface area (TPSA) is 29.5 Å². The number of rotatable bonds is 4. The summed E-state index contributed by atoms with van der Waals surface area (Å²) >= 11 is 6.68. The van der Waals surface area contributed by atoms with E-state index < -0.39 is 0 Å². The van der Waals surface area contributed by atoms with Crippen LogP contribution in [0.25, 0.3) is 6.08 Å². The molecule has 0 bridgehead atoms. The number of para-hydroxylation sites is 1. The van der Waals surface area contributed by atoms with Crippen LogP contribution in [0.3, 0.4) is 0 Å². The molecule has 116 valence electrons. The summed E-state index contributed by atoms with van der Waals surface area (Å²) < 4.78 is 6.04. The zero-order valence-electron chi connectivity index (χ0n) is 12.6. The van der Waals surface area contributed by atoms with Gasteiger partial charge in [-0.3, -0.25) is 9.69 Å². The number of benzene rings is 2. The highest BCUT2D eigenvalue weighted by Crippen LogP contribution is 2.36. The molecule has 1 aliphatic rings. The fraction of sp³-hybridized carbons (Fsp3) is 0.111. The van der Waals surface area contributed by atoms with Crippen molar-refractivity contribution in [2.45, 2.75) is 6.92 Å². The van der Waals surface area contributed by atoms with Gasteiger partial charge in [0, 0.05) is 0 Å². The Hall–Kier alpha value is -2.11. The molecule has 0 aliphatic carbocycles. The van der Waals surface area contributed by atoms with Crippen LogP contribution in [0.1, 0.15) is 12.5 Å². The molecule has 0 spiro atoms. The first-order valence-corrected chi connectivity index (χ1v) is 8.47. The monoisotopic (exact) mass is 341 g/mol. The van der Waals surface area contributed by atoms with Crippen molar-refractivity contribution in [3.8, 4) is 5.75 Å². The van der Waals surface area contributed by atoms with Crippen LogP contribution in [0.2, 0.25) is 0 Å². The third kappa shape index (κ3) is 3.46. The van der Waals surface area contributed by atoms with Gasteiger partial charge in [0.2, 0.25) is 0 Å². The molecule has 0 saturated carbocycles. The molecule has 3 nitrogen and oxygen atoms in total. The lowest BCUT2D eigenvalue weighted by molar-refractivity contribution is -0.113. The summed E-state index contributed by atoms with van der Waals surface area (Å²) in [7, 11) is 0. The number of hydrogen-bond donors (Lipinski definition) is 0. The first-order valence-electron chi connectivity index (χ1n) is 7.25. The fourth-order valence-corrected chi connectivity index (χ4v) is 3.58. The van der Waals surface area contributed by atoms with Gasteiger partial charge in [-0.15, -0.1) is 0 Å². The number of ether oxygens (including phenoxy) is 1. The van der Waals surface area contributed by atoms with Crippen molar-refractivity contribution >= 4 is 46.0 Å². The molecule has 3 rings (SSSR count). The molecule has 1 amide bonds. The lowest BCUT2D eigenvalue weighted by Crippen LogP contribution is -2.27. The van der Waals surface area contributed by atoms with E-state index in [1.807, 2.05) is 67.6 Å². The Labute approximate surface area is 144 Å². The second kappa shape index (κ2) is 6.98. The van der Waals surface area contributed by atoms with Crippen molar-refractivity contribution < 1.29 is 9.53 Å². The maximum atomic E-state index is 12.6. The summed E-state index contributed by atoms with van der Waals surface area (Å²) in [5, 5.41) is 0. The Morgan fingerprint density at radius 1 is 1.17 bits per heavy atom. The second-order valence-corrected chi connectivity index (χ2v) is 6.53. The third-order valence-corrected chi connectivity index (χ3v) is 4.58. The molecule has 2 aromatic carbocycles. The summed E-state index contributed by atoms with van der Waals surface area (Å²) in [4.78, 5) is 14.8. The molecule has 1 aliphatic heterocycles. The van der Waals surface area contributed by atoms with E-state index in [0.717, 1.165) is 17.0 Å². The first-order chi connectivity index (χ1) is 11.2. The van der Waals surface area contributed by atoms with Gasteiger partial charge in [0.1, 0.15) is 5.75 Å². The second-order valence-electron chi connectivity index (χ2n) is 4.86. The van der Waals surface area contributed by atoms with Crippen LogP contribution in [0.4, 0.5) is 5.69 Å². The predicted molar refractivity (Wildman–Crippen MR) is 99.7 cm³/mol. The quantitative estimate of drug-likeness (QED) is 0.605. The van der Waals surface area contributed by atoms with Crippen LogP contribution in [-0.4, -0.2) is 16.8 Å². The molecule has 1 fully saturated rings. The van der Waals surface area contributed by atoms with E-state index in [1.165, 1.54) is 11.8 Å². The van der Waals surface area contributed by atoms with E-state index in [1.54, 1.807) is 4.90 Å². The predicted octanol–water partition coefficient (Wildman–Crippen LogP) is 4.49. The minimum Gasteiger partial charge on any atom is -0.494 e. The number of amides is 1. The first kappa shape index (κ1) is 15.8. The standard InChI is InChI=1S/C18H15NO2S2/c1-2-21-15-10-6-7-13(11-15)12-16-17(20)19(18(22)23-16)14-8-4-3-5-9-14/h3-12H,2H2,1H3/b16-12-. The summed E-state index contributed by atoms with van der Waals surface area (Å²) in [6.07, 6.45) is 1.85. The fourth-order valence-electron chi connectivity index (χ4n) is 2.28. The van der Waals surface area contributed by atoms with Crippen molar-refractivity contribution in [3.63, 3.8) is 0 Å². The van der Waals surface area contributed by atoms with Crippen LogP contribution < -0.4 is 9.64 Å².